The van der Waals surface area contributed by atoms with Crippen molar-refractivity contribution in [1.82, 2.24) is 0 Å². The minimum atomic E-state index is -0.364. The highest BCUT2D eigenvalue weighted by atomic mass is 16.5. The van der Waals surface area contributed by atoms with E-state index in [-0.39, 0.29) is 18.6 Å². The van der Waals surface area contributed by atoms with E-state index in [2.05, 4.69) is 18.0 Å². The topological polar surface area (TPSA) is 38.3 Å². The van der Waals surface area contributed by atoms with Gasteiger partial charge >= 0.3 is 5.97 Å². The van der Waals surface area contributed by atoms with E-state index in [1.165, 1.54) is 5.56 Å². The molecule has 0 radical (unpaired) electrons. The summed E-state index contributed by atoms with van der Waals surface area (Å²) in [6, 6.07) is 5.69. The molecule has 0 aliphatic carbocycles. The number of esters is 1. The lowest BCUT2D eigenvalue weighted by molar-refractivity contribution is -0.142. The van der Waals surface area contributed by atoms with Crippen LogP contribution in [0.15, 0.2) is 30.9 Å². The molecule has 1 N–H and O–H groups in total. The van der Waals surface area contributed by atoms with E-state index in [1.54, 1.807) is 13.0 Å². The Morgan fingerprint density at radius 3 is 2.82 bits per heavy atom. The van der Waals surface area contributed by atoms with Gasteiger partial charge in [-0.25, -0.2) is 4.79 Å². The molecule has 0 fully saturated rings. The van der Waals surface area contributed by atoms with Crippen molar-refractivity contribution in [2.45, 2.75) is 26.8 Å². The van der Waals surface area contributed by atoms with Crippen LogP contribution < -0.4 is 5.32 Å². The SMILES string of the molecule is C=CCOC(=O)[C@H](C)Nc1ccc(C)cc1C. The van der Waals surface area contributed by atoms with Gasteiger partial charge < -0.3 is 10.1 Å². The molecule has 0 bridgehead atoms. The number of hydrogen-bond acceptors (Lipinski definition) is 3. The first kappa shape index (κ1) is 13.3. The normalized spacial score (nSPS) is 11.7. The lowest BCUT2D eigenvalue weighted by atomic mass is 10.1. The van der Waals surface area contributed by atoms with Crippen LogP contribution in [-0.4, -0.2) is 18.6 Å². The molecule has 0 spiro atoms. The Morgan fingerprint density at radius 1 is 1.53 bits per heavy atom. The van der Waals surface area contributed by atoms with Crippen molar-refractivity contribution in [2.75, 3.05) is 11.9 Å². The summed E-state index contributed by atoms with van der Waals surface area (Å²) < 4.78 is 4.97. The summed E-state index contributed by atoms with van der Waals surface area (Å²) in [6.45, 7) is 9.58. The third-order valence-corrected chi connectivity index (χ3v) is 2.45. The second-order valence-corrected chi connectivity index (χ2v) is 4.10. The zero-order chi connectivity index (χ0) is 12.8. The summed E-state index contributed by atoms with van der Waals surface area (Å²) in [6.07, 6.45) is 1.56. The predicted octanol–water partition coefficient (Wildman–Crippen LogP) is 2.83. The first-order valence-corrected chi connectivity index (χ1v) is 5.66. The summed E-state index contributed by atoms with van der Waals surface area (Å²) in [5, 5.41) is 3.14. The zero-order valence-electron chi connectivity index (χ0n) is 10.6. The van der Waals surface area contributed by atoms with E-state index in [0.29, 0.717) is 0 Å². The van der Waals surface area contributed by atoms with Gasteiger partial charge in [0.05, 0.1) is 0 Å². The van der Waals surface area contributed by atoms with Gasteiger partial charge in [0.25, 0.3) is 0 Å². The van der Waals surface area contributed by atoms with Crippen molar-refractivity contribution in [3.05, 3.63) is 42.0 Å². The summed E-state index contributed by atoms with van der Waals surface area (Å²) >= 11 is 0. The van der Waals surface area contributed by atoms with Gasteiger partial charge in [0, 0.05) is 5.69 Å². The van der Waals surface area contributed by atoms with Crippen LogP contribution in [0.4, 0.5) is 5.69 Å². The molecule has 0 aromatic heterocycles. The molecule has 1 aromatic rings. The molecule has 3 heteroatoms. The van der Waals surface area contributed by atoms with Crippen LogP contribution in [0.5, 0.6) is 0 Å². The number of carbonyl (C=O) groups excluding carboxylic acids is 1. The van der Waals surface area contributed by atoms with Crippen LogP contribution in [0, 0.1) is 13.8 Å². The number of rotatable bonds is 5. The molecule has 0 saturated heterocycles. The van der Waals surface area contributed by atoms with Crippen molar-refractivity contribution in [3.63, 3.8) is 0 Å². The summed E-state index contributed by atoms with van der Waals surface area (Å²) in [4.78, 5) is 11.6. The number of benzene rings is 1. The van der Waals surface area contributed by atoms with Crippen LogP contribution in [0.25, 0.3) is 0 Å². The highest BCUT2D eigenvalue weighted by Crippen LogP contribution is 2.17. The number of aryl methyl sites for hydroxylation is 2. The van der Waals surface area contributed by atoms with E-state index in [9.17, 15) is 4.79 Å². The fourth-order valence-electron chi connectivity index (χ4n) is 1.53. The molecule has 1 aromatic carbocycles. The molecule has 0 amide bonds. The van der Waals surface area contributed by atoms with Gasteiger partial charge in [0.2, 0.25) is 0 Å². The van der Waals surface area contributed by atoms with Crippen LogP contribution in [-0.2, 0) is 9.53 Å². The first-order valence-electron chi connectivity index (χ1n) is 5.66. The Morgan fingerprint density at radius 2 is 2.24 bits per heavy atom. The van der Waals surface area contributed by atoms with Crippen LogP contribution in [0.3, 0.4) is 0 Å². The van der Waals surface area contributed by atoms with Crippen LogP contribution in [0.2, 0.25) is 0 Å². The highest BCUT2D eigenvalue weighted by Gasteiger charge is 2.14. The molecule has 0 unspecified atom stereocenters. The quantitative estimate of drug-likeness (QED) is 0.627. The van der Waals surface area contributed by atoms with E-state index >= 15 is 0 Å². The first-order chi connectivity index (χ1) is 8.04. The van der Waals surface area contributed by atoms with E-state index < -0.39 is 0 Å². The number of hydrogen-bond donors (Lipinski definition) is 1. The molecule has 92 valence electrons. The monoisotopic (exact) mass is 233 g/mol. The molecule has 0 saturated carbocycles. The molecule has 1 atom stereocenters. The fraction of sp³-hybridized carbons (Fsp3) is 0.357. The average molecular weight is 233 g/mol. The van der Waals surface area contributed by atoms with Crippen molar-refractivity contribution < 1.29 is 9.53 Å². The molecule has 0 aliphatic rings. The lowest BCUT2D eigenvalue weighted by Gasteiger charge is -2.16. The minimum Gasteiger partial charge on any atom is -0.460 e. The van der Waals surface area contributed by atoms with Gasteiger partial charge in [0.15, 0.2) is 0 Å². The third-order valence-electron chi connectivity index (χ3n) is 2.45. The molecule has 3 nitrogen and oxygen atoms in total. The van der Waals surface area contributed by atoms with E-state index in [4.69, 9.17) is 4.74 Å². The van der Waals surface area contributed by atoms with Crippen molar-refractivity contribution >= 4 is 11.7 Å². The summed E-state index contributed by atoms with van der Waals surface area (Å²) in [5.41, 5.74) is 3.28. The number of anilines is 1. The van der Waals surface area contributed by atoms with Gasteiger partial charge in [-0.3, -0.25) is 0 Å². The van der Waals surface area contributed by atoms with E-state index in [0.717, 1.165) is 11.3 Å². The standard InChI is InChI=1S/C14H19NO2/c1-5-8-17-14(16)12(4)15-13-7-6-10(2)9-11(13)3/h5-7,9,12,15H,1,8H2,2-4H3/t12-/m0/s1. The Balaban J connectivity index is 2.64. The van der Waals surface area contributed by atoms with Crippen LogP contribution in [0.1, 0.15) is 18.1 Å². The van der Waals surface area contributed by atoms with E-state index in [1.807, 2.05) is 26.0 Å². The molecule has 0 heterocycles. The Kier molecular flexibility index (Phi) is 4.76. The lowest BCUT2D eigenvalue weighted by Crippen LogP contribution is -2.28. The predicted molar refractivity (Wildman–Crippen MR) is 70.2 cm³/mol. The Labute approximate surface area is 102 Å². The fourth-order valence-corrected chi connectivity index (χ4v) is 1.53. The Hall–Kier alpha value is -1.77. The number of ether oxygens (including phenoxy) is 1. The maximum absolute atomic E-state index is 11.6. The maximum atomic E-state index is 11.6. The van der Waals surface area contributed by atoms with Gasteiger partial charge in [0.1, 0.15) is 12.6 Å². The second-order valence-electron chi connectivity index (χ2n) is 4.10. The number of carbonyl (C=O) groups is 1. The molecular formula is C14H19NO2. The smallest absolute Gasteiger partial charge is 0.328 e. The van der Waals surface area contributed by atoms with Gasteiger partial charge in [-0.15, -0.1) is 0 Å². The van der Waals surface area contributed by atoms with Gasteiger partial charge in [-0.2, -0.15) is 0 Å². The third kappa shape index (κ3) is 3.94. The van der Waals surface area contributed by atoms with Crippen molar-refractivity contribution in [3.8, 4) is 0 Å². The highest BCUT2D eigenvalue weighted by molar-refractivity contribution is 5.79. The van der Waals surface area contributed by atoms with Crippen LogP contribution >= 0.6 is 0 Å². The average Bonchev–Trinajstić information content (AvgIpc) is 2.29. The Bertz CT molecular complexity index is 413. The zero-order valence-corrected chi connectivity index (χ0v) is 10.6. The minimum absolute atomic E-state index is 0.248. The molecule has 1 rings (SSSR count). The second kappa shape index (κ2) is 6.09. The largest absolute Gasteiger partial charge is 0.460 e. The van der Waals surface area contributed by atoms with Gasteiger partial charge in [-0.1, -0.05) is 30.4 Å². The molecular weight excluding hydrogens is 214 g/mol. The maximum Gasteiger partial charge on any atom is 0.328 e. The molecule has 0 aliphatic heterocycles. The number of nitrogens with one attached hydrogen (secondary N) is 1. The summed E-state index contributed by atoms with van der Waals surface area (Å²) in [7, 11) is 0. The van der Waals surface area contributed by atoms with Crippen molar-refractivity contribution in [2.24, 2.45) is 0 Å². The summed E-state index contributed by atoms with van der Waals surface area (Å²) in [5.74, 6) is -0.273. The van der Waals surface area contributed by atoms with Gasteiger partial charge in [-0.05, 0) is 32.4 Å². The molecule has 17 heavy (non-hydrogen) atoms. The van der Waals surface area contributed by atoms with Crippen molar-refractivity contribution in [1.29, 1.82) is 0 Å².